The summed E-state index contributed by atoms with van der Waals surface area (Å²) >= 11 is 1.98. The van der Waals surface area contributed by atoms with Crippen LogP contribution in [-0.4, -0.2) is 21.9 Å². The van der Waals surface area contributed by atoms with Crippen LogP contribution in [0, 0.1) is 0 Å². The Balaban J connectivity index is 1.86. The molecule has 1 N–H and O–H groups in total. The van der Waals surface area contributed by atoms with Gasteiger partial charge in [-0.05, 0) is 33.2 Å². The van der Waals surface area contributed by atoms with Crippen LogP contribution in [0.3, 0.4) is 0 Å². The molecule has 0 unspecified atom stereocenters. The first-order valence-corrected chi connectivity index (χ1v) is 8.36. The van der Waals surface area contributed by atoms with E-state index in [4.69, 9.17) is 4.52 Å². The molecule has 0 atom stereocenters. The van der Waals surface area contributed by atoms with Crippen molar-refractivity contribution in [1.29, 1.82) is 0 Å². The fourth-order valence-corrected chi connectivity index (χ4v) is 3.68. The molecule has 4 nitrogen and oxygen atoms in total. The van der Waals surface area contributed by atoms with Gasteiger partial charge in [0.15, 0.2) is 5.82 Å². The summed E-state index contributed by atoms with van der Waals surface area (Å²) in [6.07, 6.45) is 6.85. The minimum atomic E-state index is -0.241. The smallest absolute Gasteiger partial charge is 0.246 e. The van der Waals surface area contributed by atoms with E-state index in [1.54, 1.807) is 0 Å². The van der Waals surface area contributed by atoms with Crippen molar-refractivity contribution in [2.75, 3.05) is 6.54 Å². The van der Waals surface area contributed by atoms with Crippen LogP contribution in [-0.2, 0) is 11.3 Å². The molecule has 19 heavy (non-hydrogen) atoms. The van der Waals surface area contributed by atoms with Gasteiger partial charge in [0.25, 0.3) is 0 Å². The van der Waals surface area contributed by atoms with Gasteiger partial charge in [0.1, 0.15) is 0 Å². The zero-order chi connectivity index (χ0) is 13.7. The Labute approximate surface area is 120 Å². The maximum atomic E-state index is 5.38. The fraction of sp³-hybridized carbons (Fsp3) is 0.857. The second-order valence-corrected chi connectivity index (χ2v) is 7.03. The van der Waals surface area contributed by atoms with Gasteiger partial charge in [0.2, 0.25) is 5.89 Å². The molecule has 1 aromatic heterocycles. The summed E-state index contributed by atoms with van der Waals surface area (Å²) < 4.78 is 5.38. The third kappa shape index (κ3) is 4.21. The molecule has 5 heteroatoms. The molecule has 0 aromatic carbocycles. The fourth-order valence-electron chi connectivity index (χ4n) is 2.51. The van der Waals surface area contributed by atoms with E-state index in [1.165, 1.54) is 32.1 Å². The maximum Gasteiger partial charge on any atom is 0.246 e. The number of nitrogens with zero attached hydrogens (tertiary/aromatic N) is 2. The Morgan fingerprint density at radius 3 is 2.74 bits per heavy atom. The topological polar surface area (TPSA) is 51.0 Å². The Kier molecular flexibility index (Phi) is 5.28. The van der Waals surface area contributed by atoms with Crippen LogP contribution in [0.1, 0.15) is 64.6 Å². The molecule has 1 fully saturated rings. The van der Waals surface area contributed by atoms with Crippen molar-refractivity contribution >= 4 is 11.8 Å². The SMILES string of the molecule is CCNC(C)(C)c1nc(CSC2CCCCC2)no1. The zero-order valence-corrected chi connectivity index (χ0v) is 13.1. The third-order valence-corrected chi connectivity index (χ3v) is 4.99. The number of hydrogen-bond acceptors (Lipinski definition) is 5. The summed E-state index contributed by atoms with van der Waals surface area (Å²) in [6, 6.07) is 0. The highest BCUT2D eigenvalue weighted by Crippen LogP contribution is 2.30. The van der Waals surface area contributed by atoms with E-state index in [-0.39, 0.29) is 5.54 Å². The van der Waals surface area contributed by atoms with Crippen molar-refractivity contribution in [1.82, 2.24) is 15.5 Å². The highest BCUT2D eigenvalue weighted by atomic mass is 32.2. The van der Waals surface area contributed by atoms with Crippen molar-refractivity contribution < 1.29 is 4.52 Å². The van der Waals surface area contributed by atoms with Crippen molar-refractivity contribution in [2.24, 2.45) is 0 Å². The summed E-state index contributed by atoms with van der Waals surface area (Å²) in [5, 5.41) is 8.25. The summed E-state index contributed by atoms with van der Waals surface area (Å²) in [5.74, 6) is 2.39. The predicted molar refractivity (Wildman–Crippen MR) is 79.2 cm³/mol. The lowest BCUT2D eigenvalue weighted by Crippen LogP contribution is -2.36. The standard InChI is InChI=1S/C14H25N3OS/c1-4-15-14(2,3)13-16-12(17-18-13)10-19-11-8-6-5-7-9-11/h11,15H,4-10H2,1-3H3. The quantitative estimate of drug-likeness (QED) is 0.866. The third-order valence-electron chi connectivity index (χ3n) is 3.62. The van der Waals surface area contributed by atoms with Crippen LogP contribution in [0.15, 0.2) is 4.52 Å². The number of hydrogen-bond donors (Lipinski definition) is 1. The number of nitrogens with one attached hydrogen (secondary N) is 1. The Morgan fingerprint density at radius 1 is 1.32 bits per heavy atom. The molecule has 1 aliphatic carbocycles. The Morgan fingerprint density at radius 2 is 2.05 bits per heavy atom. The van der Waals surface area contributed by atoms with E-state index in [1.807, 2.05) is 11.8 Å². The van der Waals surface area contributed by atoms with Crippen LogP contribution < -0.4 is 5.32 Å². The molecule has 1 aromatic rings. The van der Waals surface area contributed by atoms with Crippen molar-refractivity contribution in [3.05, 3.63) is 11.7 Å². The molecule has 0 spiro atoms. The first kappa shape index (κ1) is 14.9. The van der Waals surface area contributed by atoms with Crippen molar-refractivity contribution in [2.45, 2.75) is 69.4 Å². The molecule has 108 valence electrons. The lowest BCUT2D eigenvalue weighted by Gasteiger charge is -2.20. The summed E-state index contributed by atoms with van der Waals surface area (Å²) in [4.78, 5) is 4.52. The average molecular weight is 283 g/mol. The second-order valence-electron chi connectivity index (χ2n) is 5.74. The predicted octanol–water partition coefficient (Wildman–Crippen LogP) is 3.48. The molecule has 1 saturated carbocycles. The molecule has 0 aliphatic heterocycles. The van der Waals surface area contributed by atoms with Gasteiger partial charge >= 0.3 is 0 Å². The van der Waals surface area contributed by atoms with E-state index in [0.717, 1.165) is 23.4 Å². The largest absolute Gasteiger partial charge is 0.337 e. The summed E-state index contributed by atoms with van der Waals surface area (Å²) in [7, 11) is 0. The van der Waals surface area contributed by atoms with Gasteiger partial charge in [0.05, 0.1) is 11.3 Å². The van der Waals surface area contributed by atoms with Gasteiger partial charge in [-0.15, -0.1) is 0 Å². The van der Waals surface area contributed by atoms with E-state index < -0.39 is 0 Å². The number of aromatic nitrogens is 2. The van der Waals surface area contributed by atoms with Crippen LogP contribution >= 0.6 is 11.8 Å². The Bertz CT molecular complexity index is 386. The molecule has 0 saturated heterocycles. The average Bonchev–Trinajstić information content (AvgIpc) is 2.87. The molecular weight excluding hydrogens is 258 g/mol. The minimum Gasteiger partial charge on any atom is -0.337 e. The Hall–Kier alpha value is -0.550. The van der Waals surface area contributed by atoms with E-state index in [9.17, 15) is 0 Å². The van der Waals surface area contributed by atoms with E-state index in [0.29, 0.717) is 5.89 Å². The molecule has 0 bridgehead atoms. The van der Waals surface area contributed by atoms with Crippen molar-refractivity contribution in [3.8, 4) is 0 Å². The van der Waals surface area contributed by atoms with Crippen molar-refractivity contribution in [3.63, 3.8) is 0 Å². The zero-order valence-electron chi connectivity index (χ0n) is 12.2. The molecule has 0 amide bonds. The number of rotatable bonds is 6. The molecule has 2 rings (SSSR count). The molecule has 0 radical (unpaired) electrons. The van der Waals surface area contributed by atoms with Crippen LogP contribution in [0.5, 0.6) is 0 Å². The first-order chi connectivity index (χ1) is 9.12. The van der Waals surface area contributed by atoms with Gasteiger partial charge in [-0.1, -0.05) is 31.3 Å². The van der Waals surface area contributed by atoms with Gasteiger partial charge in [-0.25, -0.2) is 0 Å². The monoisotopic (exact) mass is 283 g/mol. The van der Waals surface area contributed by atoms with E-state index >= 15 is 0 Å². The highest BCUT2D eigenvalue weighted by molar-refractivity contribution is 7.99. The van der Waals surface area contributed by atoms with Crippen LogP contribution in [0.4, 0.5) is 0 Å². The van der Waals surface area contributed by atoms with Gasteiger partial charge in [-0.3, -0.25) is 0 Å². The van der Waals surface area contributed by atoms with Crippen LogP contribution in [0.2, 0.25) is 0 Å². The first-order valence-electron chi connectivity index (χ1n) is 7.31. The normalized spacial score (nSPS) is 17.8. The van der Waals surface area contributed by atoms with E-state index in [2.05, 4.69) is 36.2 Å². The lowest BCUT2D eigenvalue weighted by atomic mass is 10.0. The second kappa shape index (κ2) is 6.75. The highest BCUT2D eigenvalue weighted by Gasteiger charge is 2.26. The maximum absolute atomic E-state index is 5.38. The molecule has 1 aliphatic rings. The van der Waals surface area contributed by atoms with Gasteiger partial charge in [0, 0.05) is 5.25 Å². The van der Waals surface area contributed by atoms with Gasteiger partial charge in [-0.2, -0.15) is 16.7 Å². The van der Waals surface area contributed by atoms with Crippen LogP contribution in [0.25, 0.3) is 0 Å². The lowest BCUT2D eigenvalue weighted by molar-refractivity contribution is 0.271. The minimum absolute atomic E-state index is 0.241. The number of thioether (sulfide) groups is 1. The summed E-state index contributed by atoms with van der Waals surface area (Å²) in [5.41, 5.74) is -0.241. The van der Waals surface area contributed by atoms with Gasteiger partial charge < -0.3 is 9.84 Å². The molecular formula is C14H25N3OS. The molecule has 1 heterocycles. The summed E-state index contributed by atoms with van der Waals surface area (Å²) in [6.45, 7) is 7.11.